The zero-order valence-corrected chi connectivity index (χ0v) is 11.6. The van der Waals surface area contributed by atoms with Crippen LogP contribution >= 0.6 is 27.3 Å². The van der Waals surface area contributed by atoms with E-state index in [2.05, 4.69) is 21.2 Å². The van der Waals surface area contributed by atoms with Gasteiger partial charge in [-0.15, -0.1) is 11.3 Å². The molecule has 1 atom stereocenters. The van der Waals surface area contributed by atoms with Crippen molar-refractivity contribution in [1.29, 1.82) is 0 Å². The summed E-state index contributed by atoms with van der Waals surface area (Å²) >= 11 is 4.93. The van der Waals surface area contributed by atoms with E-state index in [0.29, 0.717) is 12.5 Å². The molecule has 0 aromatic carbocycles. The number of hydrogen-bond acceptors (Lipinski definition) is 3. The molecule has 1 fully saturated rings. The van der Waals surface area contributed by atoms with Gasteiger partial charge in [-0.05, 0) is 53.2 Å². The lowest BCUT2D eigenvalue weighted by Gasteiger charge is -2.22. The van der Waals surface area contributed by atoms with Crippen LogP contribution in [-0.2, 0) is 0 Å². The number of piperidine rings is 1. The van der Waals surface area contributed by atoms with Crippen molar-refractivity contribution in [3.8, 4) is 0 Å². The summed E-state index contributed by atoms with van der Waals surface area (Å²) in [4.78, 5) is 12.8. The van der Waals surface area contributed by atoms with Crippen molar-refractivity contribution in [3.05, 3.63) is 20.8 Å². The highest BCUT2D eigenvalue weighted by Gasteiger charge is 2.16. The number of hydrogen-bond donors (Lipinski definition) is 1. The zero-order chi connectivity index (χ0) is 11.4. The Kier molecular flexibility index (Phi) is 4.55. The normalized spacial score (nSPS) is 20.9. The lowest BCUT2D eigenvalue weighted by molar-refractivity contribution is 0.0977. The molecular weight excluding hydrogens is 286 g/mol. The van der Waals surface area contributed by atoms with Crippen LogP contribution in [0.3, 0.4) is 0 Å². The molecule has 0 aliphatic carbocycles. The third-order valence-corrected chi connectivity index (χ3v) is 4.88. The minimum absolute atomic E-state index is 0.272. The maximum atomic E-state index is 11.9. The van der Waals surface area contributed by atoms with Crippen LogP contribution in [0.25, 0.3) is 0 Å². The Bertz CT molecular complexity index is 358. The molecule has 2 rings (SSSR count). The highest BCUT2D eigenvalue weighted by atomic mass is 79.9. The van der Waals surface area contributed by atoms with Crippen molar-refractivity contribution in [2.24, 2.45) is 0 Å². The van der Waals surface area contributed by atoms with Crippen molar-refractivity contribution in [2.75, 3.05) is 6.54 Å². The Hall–Kier alpha value is -0.190. The van der Waals surface area contributed by atoms with Crippen LogP contribution in [0.5, 0.6) is 0 Å². The maximum Gasteiger partial charge on any atom is 0.173 e. The van der Waals surface area contributed by atoms with Crippen molar-refractivity contribution in [2.45, 2.75) is 38.1 Å². The van der Waals surface area contributed by atoms with E-state index in [9.17, 15) is 4.79 Å². The van der Waals surface area contributed by atoms with Crippen molar-refractivity contribution < 1.29 is 4.79 Å². The van der Waals surface area contributed by atoms with Gasteiger partial charge in [0.05, 0.1) is 4.88 Å². The smallest absolute Gasteiger partial charge is 0.173 e. The number of halogens is 1. The highest BCUT2D eigenvalue weighted by Crippen LogP contribution is 2.25. The number of carbonyl (C=O) groups excluding carboxylic acids is 1. The van der Waals surface area contributed by atoms with Crippen LogP contribution in [0.4, 0.5) is 0 Å². The van der Waals surface area contributed by atoms with Crippen LogP contribution in [-0.4, -0.2) is 18.4 Å². The number of nitrogens with one attached hydrogen (secondary N) is 1. The molecule has 0 radical (unpaired) electrons. The van der Waals surface area contributed by atoms with Gasteiger partial charge in [0, 0.05) is 16.9 Å². The topological polar surface area (TPSA) is 29.1 Å². The monoisotopic (exact) mass is 301 g/mol. The summed E-state index contributed by atoms with van der Waals surface area (Å²) < 4.78 is 0.944. The molecule has 1 saturated heterocycles. The summed E-state index contributed by atoms with van der Waals surface area (Å²) in [5, 5.41) is 5.43. The van der Waals surface area contributed by atoms with Gasteiger partial charge in [0.25, 0.3) is 0 Å². The van der Waals surface area contributed by atoms with E-state index in [1.165, 1.54) is 30.6 Å². The Balaban J connectivity index is 1.81. The molecule has 1 aromatic heterocycles. The van der Waals surface area contributed by atoms with Crippen LogP contribution in [0.1, 0.15) is 41.8 Å². The summed E-state index contributed by atoms with van der Waals surface area (Å²) in [6.07, 6.45) is 5.44. The molecule has 1 N–H and O–H groups in total. The van der Waals surface area contributed by atoms with Crippen LogP contribution in [0, 0.1) is 0 Å². The minimum atomic E-state index is 0.272. The molecule has 2 heterocycles. The predicted octanol–water partition coefficient (Wildman–Crippen LogP) is 3.62. The lowest BCUT2D eigenvalue weighted by atomic mass is 9.99. The molecular formula is C12H16BrNOS. The second-order valence-electron chi connectivity index (χ2n) is 4.21. The Labute approximate surface area is 109 Å². The average Bonchev–Trinajstić information content (AvgIpc) is 2.74. The van der Waals surface area contributed by atoms with Crippen LogP contribution in [0.2, 0.25) is 0 Å². The minimum Gasteiger partial charge on any atom is -0.314 e. The van der Waals surface area contributed by atoms with Gasteiger partial charge < -0.3 is 5.32 Å². The first kappa shape index (κ1) is 12.3. The molecule has 0 amide bonds. The fourth-order valence-corrected chi connectivity index (χ4v) is 3.64. The molecule has 4 heteroatoms. The number of rotatable bonds is 4. The second-order valence-corrected chi connectivity index (χ2v) is 5.98. The molecule has 16 heavy (non-hydrogen) atoms. The maximum absolute atomic E-state index is 11.9. The third-order valence-electron chi connectivity index (χ3n) is 3.00. The molecule has 0 bridgehead atoms. The molecule has 1 aliphatic heterocycles. The Morgan fingerprint density at radius 1 is 1.56 bits per heavy atom. The fourth-order valence-electron chi connectivity index (χ4n) is 2.08. The van der Waals surface area contributed by atoms with Crippen LogP contribution < -0.4 is 5.32 Å². The van der Waals surface area contributed by atoms with E-state index < -0.39 is 0 Å². The first-order valence-corrected chi connectivity index (χ1v) is 7.44. The SMILES string of the molecule is O=C(CCC1CCCCN1)c1sccc1Br. The van der Waals surface area contributed by atoms with Gasteiger partial charge in [0.2, 0.25) is 0 Å². The summed E-state index contributed by atoms with van der Waals surface area (Å²) in [7, 11) is 0. The van der Waals surface area contributed by atoms with Gasteiger partial charge in [-0.2, -0.15) is 0 Å². The number of Topliss-reactive ketones (excluding diaryl/α,β-unsaturated/α-hetero) is 1. The fraction of sp³-hybridized carbons (Fsp3) is 0.583. The number of ketones is 1. The first-order valence-electron chi connectivity index (χ1n) is 5.77. The van der Waals surface area contributed by atoms with Gasteiger partial charge in [-0.25, -0.2) is 0 Å². The summed E-state index contributed by atoms with van der Waals surface area (Å²) in [5.74, 6) is 0.272. The lowest BCUT2D eigenvalue weighted by Crippen LogP contribution is -2.34. The predicted molar refractivity (Wildman–Crippen MR) is 71.2 cm³/mol. The van der Waals surface area contributed by atoms with Gasteiger partial charge >= 0.3 is 0 Å². The van der Waals surface area contributed by atoms with Gasteiger partial charge in [-0.1, -0.05) is 6.42 Å². The highest BCUT2D eigenvalue weighted by molar-refractivity contribution is 9.10. The molecule has 0 spiro atoms. The quantitative estimate of drug-likeness (QED) is 0.861. The van der Waals surface area contributed by atoms with Crippen molar-refractivity contribution >= 4 is 33.0 Å². The summed E-state index contributed by atoms with van der Waals surface area (Å²) in [5.41, 5.74) is 0. The van der Waals surface area contributed by atoms with Crippen molar-refractivity contribution in [1.82, 2.24) is 5.32 Å². The zero-order valence-electron chi connectivity index (χ0n) is 9.17. The molecule has 1 aromatic rings. The number of thiophene rings is 1. The second kappa shape index (κ2) is 5.94. The van der Waals surface area contributed by atoms with Crippen LogP contribution in [0.15, 0.2) is 15.9 Å². The molecule has 1 unspecified atom stereocenters. The van der Waals surface area contributed by atoms with E-state index in [1.807, 2.05) is 11.4 Å². The Morgan fingerprint density at radius 2 is 2.44 bits per heavy atom. The molecule has 1 aliphatic rings. The summed E-state index contributed by atoms with van der Waals surface area (Å²) in [6.45, 7) is 1.11. The van der Waals surface area contributed by atoms with Crippen molar-refractivity contribution in [3.63, 3.8) is 0 Å². The van der Waals surface area contributed by atoms with E-state index in [1.54, 1.807) is 0 Å². The third kappa shape index (κ3) is 3.15. The first-order chi connectivity index (χ1) is 7.77. The number of carbonyl (C=O) groups is 1. The van der Waals surface area contributed by atoms with Gasteiger partial charge in [-0.3, -0.25) is 4.79 Å². The van der Waals surface area contributed by atoms with E-state index in [4.69, 9.17) is 0 Å². The van der Waals surface area contributed by atoms with E-state index in [-0.39, 0.29) is 5.78 Å². The molecule has 2 nitrogen and oxygen atoms in total. The summed E-state index contributed by atoms with van der Waals surface area (Å²) in [6, 6.07) is 2.49. The van der Waals surface area contributed by atoms with Gasteiger partial charge in [0.1, 0.15) is 0 Å². The average molecular weight is 302 g/mol. The molecule has 0 saturated carbocycles. The van der Waals surface area contributed by atoms with Gasteiger partial charge in [0.15, 0.2) is 5.78 Å². The van der Waals surface area contributed by atoms with E-state index in [0.717, 1.165) is 22.3 Å². The largest absolute Gasteiger partial charge is 0.314 e. The standard InChI is InChI=1S/C12H16BrNOS/c13-10-6-8-16-12(10)11(15)5-4-9-3-1-2-7-14-9/h6,8-9,14H,1-5,7H2. The Morgan fingerprint density at radius 3 is 3.06 bits per heavy atom. The van der Waals surface area contributed by atoms with E-state index >= 15 is 0 Å². The molecule has 88 valence electrons.